The van der Waals surface area contributed by atoms with Crippen molar-refractivity contribution in [2.45, 2.75) is 13.1 Å². The molecule has 15 heavy (non-hydrogen) atoms. The SMILES string of the molecule is NCc1ccc(F)cc1Cn1cccn1. The molecule has 0 saturated heterocycles. The first-order chi connectivity index (χ1) is 7.29. The zero-order valence-corrected chi connectivity index (χ0v) is 8.23. The molecule has 4 heteroatoms. The fraction of sp³-hybridized carbons (Fsp3) is 0.182. The molecule has 0 unspecified atom stereocenters. The van der Waals surface area contributed by atoms with Crippen LogP contribution in [0, 0.1) is 5.82 Å². The molecule has 0 aliphatic rings. The molecule has 0 fully saturated rings. The molecule has 0 aliphatic carbocycles. The van der Waals surface area contributed by atoms with Crippen LogP contribution in [0.15, 0.2) is 36.7 Å². The first-order valence-corrected chi connectivity index (χ1v) is 4.74. The maximum Gasteiger partial charge on any atom is 0.123 e. The van der Waals surface area contributed by atoms with Gasteiger partial charge in [-0.1, -0.05) is 6.07 Å². The Bertz CT molecular complexity index is 437. The average Bonchev–Trinajstić information content (AvgIpc) is 2.71. The predicted molar refractivity (Wildman–Crippen MR) is 55.6 cm³/mol. The third-order valence-corrected chi connectivity index (χ3v) is 2.28. The largest absolute Gasteiger partial charge is 0.326 e. The summed E-state index contributed by atoms with van der Waals surface area (Å²) in [5.74, 6) is -0.241. The molecule has 0 spiro atoms. The number of nitrogens with two attached hydrogens (primary N) is 1. The van der Waals surface area contributed by atoms with E-state index in [1.165, 1.54) is 12.1 Å². The summed E-state index contributed by atoms with van der Waals surface area (Å²) in [7, 11) is 0. The van der Waals surface area contributed by atoms with E-state index in [-0.39, 0.29) is 5.82 Å². The normalized spacial score (nSPS) is 10.5. The fourth-order valence-corrected chi connectivity index (χ4v) is 1.51. The van der Waals surface area contributed by atoms with Gasteiger partial charge in [0, 0.05) is 18.9 Å². The molecule has 0 radical (unpaired) electrons. The van der Waals surface area contributed by atoms with Gasteiger partial charge in [-0.3, -0.25) is 4.68 Å². The minimum Gasteiger partial charge on any atom is -0.326 e. The van der Waals surface area contributed by atoms with Crippen molar-refractivity contribution in [2.75, 3.05) is 0 Å². The Morgan fingerprint density at radius 1 is 1.33 bits per heavy atom. The molecule has 2 rings (SSSR count). The zero-order chi connectivity index (χ0) is 10.7. The van der Waals surface area contributed by atoms with Crippen LogP contribution >= 0.6 is 0 Å². The third-order valence-electron chi connectivity index (χ3n) is 2.28. The second-order valence-corrected chi connectivity index (χ2v) is 3.32. The van der Waals surface area contributed by atoms with Crippen LogP contribution in [0.3, 0.4) is 0 Å². The summed E-state index contributed by atoms with van der Waals surface area (Å²) in [6, 6.07) is 6.48. The minimum absolute atomic E-state index is 0.241. The number of benzene rings is 1. The smallest absolute Gasteiger partial charge is 0.123 e. The van der Waals surface area contributed by atoms with Crippen molar-refractivity contribution in [3.63, 3.8) is 0 Å². The molecule has 2 N–H and O–H groups in total. The second-order valence-electron chi connectivity index (χ2n) is 3.32. The van der Waals surface area contributed by atoms with E-state index in [1.54, 1.807) is 16.9 Å². The van der Waals surface area contributed by atoms with Gasteiger partial charge < -0.3 is 5.73 Å². The highest BCUT2D eigenvalue weighted by Crippen LogP contribution is 2.12. The predicted octanol–water partition coefficient (Wildman–Crippen LogP) is 1.53. The lowest BCUT2D eigenvalue weighted by Crippen LogP contribution is -2.07. The Labute approximate surface area is 87.3 Å². The van der Waals surface area contributed by atoms with Crippen molar-refractivity contribution in [2.24, 2.45) is 5.73 Å². The lowest BCUT2D eigenvalue weighted by Gasteiger charge is -2.07. The molecule has 0 bridgehead atoms. The Morgan fingerprint density at radius 2 is 2.20 bits per heavy atom. The van der Waals surface area contributed by atoms with Crippen molar-refractivity contribution in [3.8, 4) is 0 Å². The summed E-state index contributed by atoms with van der Waals surface area (Å²) in [6.07, 6.45) is 3.53. The standard InChI is InChI=1S/C11H12FN3/c12-11-3-2-9(7-13)10(6-11)8-15-5-1-4-14-15/h1-6H,7-8,13H2. The van der Waals surface area contributed by atoms with Crippen LogP contribution in [-0.4, -0.2) is 9.78 Å². The van der Waals surface area contributed by atoms with Gasteiger partial charge in [0.25, 0.3) is 0 Å². The average molecular weight is 205 g/mol. The van der Waals surface area contributed by atoms with Crippen molar-refractivity contribution < 1.29 is 4.39 Å². The van der Waals surface area contributed by atoms with Crippen molar-refractivity contribution >= 4 is 0 Å². The molecule has 0 amide bonds. The second kappa shape index (κ2) is 4.23. The van der Waals surface area contributed by atoms with Gasteiger partial charge in [0.05, 0.1) is 6.54 Å². The van der Waals surface area contributed by atoms with Gasteiger partial charge in [0.15, 0.2) is 0 Å². The summed E-state index contributed by atoms with van der Waals surface area (Å²) >= 11 is 0. The van der Waals surface area contributed by atoms with Gasteiger partial charge in [-0.15, -0.1) is 0 Å². The van der Waals surface area contributed by atoms with E-state index in [0.29, 0.717) is 13.1 Å². The van der Waals surface area contributed by atoms with Crippen LogP contribution in [0.4, 0.5) is 4.39 Å². The Hall–Kier alpha value is -1.68. The highest BCUT2D eigenvalue weighted by Gasteiger charge is 2.03. The molecule has 2 aromatic rings. The molecule has 78 valence electrons. The maximum absolute atomic E-state index is 13.0. The number of aromatic nitrogens is 2. The molecule has 0 atom stereocenters. The Kier molecular flexibility index (Phi) is 2.78. The Balaban J connectivity index is 2.30. The van der Waals surface area contributed by atoms with Crippen molar-refractivity contribution in [1.29, 1.82) is 0 Å². The van der Waals surface area contributed by atoms with Crippen LogP contribution in [0.5, 0.6) is 0 Å². The van der Waals surface area contributed by atoms with E-state index in [9.17, 15) is 4.39 Å². The number of rotatable bonds is 3. The molecule has 3 nitrogen and oxygen atoms in total. The summed E-state index contributed by atoms with van der Waals surface area (Å²) in [6.45, 7) is 0.966. The quantitative estimate of drug-likeness (QED) is 0.825. The van der Waals surface area contributed by atoms with E-state index >= 15 is 0 Å². The van der Waals surface area contributed by atoms with Gasteiger partial charge in [-0.2, -0.15) is 5.10 Å². The number of nitrogens with zero attached hydrogens (tertiary/aromatic N) is 2. The highest BCUT2D eigenvalue weighted by molar-refractivity contribution is 5.27. The van der Waals surface area contributed by atoms with E-state index in [2.05, 4.69) is 5.10 Å². The molecular formula is C11H12FN3. The van der Waals surface area contributed by atoms with Gasteiger partial charge in [0.2, 0.25) is 0 Å². The zero-order valence-electron chi connectivity index (χ0n) is 8.23. The molecule has 0 aliphatic heterocycles. The lowest BCUT2D eigenvalue weighted by molar-refractivity contribution is 0.616. The van der Waals surface area contributed by atoms with Crippen LogP contribution in [0.25, 0.3) is 0 Å². The number of hydrogen-bond acceptors (Lipinski definition) is 2. The third kappa shape index (κ3) is 2.22. The van der Waals surface area contributed by atoms with E-state index < -0.39 is 0 Å². The maximum atomic E-state index is 13.0. The summed E-state index contributed by atoms with van der Waals surface area (Å²) in [5.41, 5.74) is 7.40. The van der Waals surface area contributed by atoms with Gasteiger partial charge in [-0.25, -0.2) is 4.39 Å². The summed E-state index contributed by atoms with van der Waals surface area (Å²) in [4.78, 5) is 0. The van der Waals surface area contributed by atoms with Crippen LogP contribution < -0.4 is 5.73 Å². The van der Waals surface area contributed by atoms with E-state index in [0.717, 1.165) is 11.1 Å². The molecule has 0 saturated carbocycles. The van der Waals surface area contributed by atoms with Gasteiger partial charge >= 0.3 is 0 Å². The minimum atomic E-state index is -0.241. The van der Waals surface area contributed by atoms with Crippen LogP contribution in [0.2, 0.25) is 0 Å². The first kappa shape index (κ1) is 9.86. The number of hydrogen-bond donors (Lipinski definition) is 1. The van der Waals surface area contributed by atoms with Gasteiger partial charge in [0.1, 0.15) is 5.82 Å². The first-order valence-electron chi connectivity index (χ1n) is 4.74. The fourth-order valence-electron chi connectivity index (χ4n) is 1.51. The monoisotopic (exact) mass is 205 g/mol. The van der Waals surface area contributed by atoms with Crippen molar-refractivity contribution in [3.05, 3.63) is 53.6 Å². The van der Waals surface area contributed by atoms with E-state index in [4.69, 9.17) is 5.73 Å². The van der Waals surface area contributed by atoms with E-state index in [1.807, 2.05) is 12.3 Å². The van der Waals surface area contributed by atoms with Crippen LogP contribution in [-0.2, 0) is 13.1 Å². The molecule has 1 aromatic heterocycles. The van der Waals surface area contributed by atoms with Crippen molar-refractivity contribution in [1.82, 2.24) is 9.78 Å². The highest BCUT2D eigenvalue weighted by atomic mass is 19.1. The Morgan fingerprint density at radius 3 is 2.87 bits per heavy atom. The molecular weight excluding hydrogens is 193 g/mol. The summed E-state index contributed by atoms with van der Waals surface area (Å²) in [5, 5.41) is 4.07. The number of halogens is 1. The summed E-state index contributed by atoms with van der Waals surface area (Å²) < 4.78 is 14.8. The van der Waals surface area contributed by atoms with Gasteiger partial charge in [-0.05, 0) is 29.3 Å². The van der Waals surface area contributed by atoms with Crippen LogP contribution in [0.1, 0.15) is 11.1 Å². The molecule has 1 heterocycles. The lowest BCUT2D eigenvalue weighted by atomic mass is 10.1. The molecule has 1 aromatic carbocycles. The topological polar surface area (TPSA) is 43.8 Å².